The van der Waals surface area contributed by atoms with Gasteiger partial charge < -0.3 is 4.90 Å². The normalized spacial score (nSPS) is 23.7. The van der Waals surface area contributed by atoms with Gasteiger partial charge in [0.2, 0.25) is 0 Å². The standard InChI is InChI=1S/C14H17N/c1-4-10-14(2)13-8-6-5-7-12(13)9-11-15(14)3/h4-9,11H,1,10H2,2-3H3. The fraction of sp³-hybridized carbons (Fsp3) is 0.286. The van der Waals surface area contributed by atoms with Crippen molar-refractivity contribution < 1.29 is 0 Å². The lowest BCUT2D eigenvalue weighted by molar-refractivity contribution is 0.202. The Balaban J connectivity index is 2.55. The molecular weight excluding hydrogens is 182 g/mol. The Bertz CT molecular complexity index is 406. The number of benzene rings is 1. The number of rotatable bonds is 2. The molecule has 0 spiro atoms. The van der Waals surface area contributed by atoms with Crippen molar-refractivity contribution in [2.24, 2.45) is 0 Å². The Morgan fingerprint density at radius 1 is 1.40 bits per heavy atom. The fourth-order valence-electron chi connectivity index (χ4n) is 2.21. The van der Waals surface area contributed by atoms with Crippen LogP contribution in [-0.4, -0.2) is 11.9 Å². The summed E-state index contributed by atoms with van der Waals surface area (Å²) < 4.78 is 0. The van der Waals surface area contributed by atoms with E-state index in [1.165, 1.54) is 11.1 Å². The lowest BCUT2D eigenvalue weighted by Crippen LogP contribution is -2.39. The molecule has 1 nitrogen and oxygen atoms in total. The van der Waals surface area contributed by atoms with Crippen LogP contribution in [0, 0.1) is 0 Å². The highest BCUT2D eigenvalue weighted by atomic mass is 15.2. The maximum atomic E-state index is 3.86. The van der Waals surface area contributed by atoms with Gasteiger partial charge in [0.25, 0.3) is 0 Å². The van der Waals surface area contributed by atoms with Crippen molar-refractivity contribution in [3.8, 4) is 0 Å². The van der Waals surface area contributed by atoms with E-state index in [1.54, 1.807) is 0 Å². The van der Waals surface area contributed by atoms with E-state index in [4.69, 9.17) is 0 Å². The van der Waals surface area contributed by atoms with Gasteiger partial charge in [-0.2, -0.15) is 0 Å². The second kappa shape index (κ2) is 3.58. The summed E-state index contributed by atoms with van der Waals surface area (Å²) in [6, 6.07) is 8.56. The monoisotopic (exact) mass is 199 g/mol. The van der Waals surface area contributed by atoms with Gasteiger partial charge in [0.05, 0.1) is 5.54 Å². The summed E-state index contributed by atoms with van der Waals surface area (Å²) in [6.45, 7) is 6.12. The molecule has 78 valence electrons. The quantitative estimate of drug-likeness (QED) is 0.660. The smallest absolute Gasteiger partial charge is 0.0656 e. The van der Waals surface area contributed by atoms with Crippen molar-refractivity contribution in [1.82, 2.24) is 4.90 Å². The van der Waals surface area contributed by atoms with Crippen molar-refractivity contribution in [2.75, 3.05) is 7.05 Å². The Labute approximate surface area is 91.7 Å². The van der Waals surface area contributed by atoms with Gasteiger partial charge in [-0.05, 0) is 30.5 Å². The molecule has 1 aromatic rings. The SMILES string of the molecule is C=CCC1(C)c2ccccc2C=CN1C. The molecule has 0 radical (unpaired) electrons. The summed E-state index contributed by atoms with van der Waals surface area (Å²) in [5, 5.41) is 0. The van der Waals surface area contributed by atoms with Crippen LogP contribution in [-0.2, 0) is 5.54 Å². The lowest BCUT2D eigenvalue weighted by atomic mass is 9.82. The predicted octanol–water partition coefficient (Wildman–Crippen LogP) is 3.39. The second-order valence-corrected chi connectivity index (χ2v) is 4.28. The zero-order valence-corrected chi connectivity index (χ0v) is 9.40. The Morgan fingerprint density at radius 2 is 2.13 bits per heavy atom. The van der Waals surface area contributed by atoms with Crippen LogP contribution in [0.2, 0.25) is 0 Å². The largest absolute Gasteiger partial charge is 0.371 e. The highest BCUT2D eigenvalue weighted by molar-refractivity contribution is 5.58. The van der Waals surface area contributed by atoms with Gasteiger partial charge in [0, 0.05) is 13.2 Å². The molecule has 0 saturated heterocycles. The minimum absolute atomic E-state index is 0.0487. The topological polar surface area (TPSA) is 3.24 Å². The first-order chi connectivity index (χ1) is 7.18. The Hall–Kier alpha value is -1.50. The van der Waals surface area contributed by atoms with Crippen LogP contribution in [0.5, 0.6) is 0 Å². The van der Waals surface area contributed by atoms with E-state index in [9.17, 15) is 0 Å². The molecule has 1 atom stereocenters. The molecule has 0 aromatic heterocycles. The number of fused-ring (bicyclic) bond motifs is 1. The first kappa shape index (κ1) is 10.0. The van der Waals surface area contributed by atoms with Crippen molar-refractivity contribution in [1.29, 1.82) is 0 Å². The minimum atomic E-state index is 0.0487. The average Bonchev–Trinajstić information content (AvgIpc) is 2.25. The van der Waals surface area contributed by atoms with Gasteiger partial charge in [-0.15, -0.1) is 6.58 Å². The molecule has 2 rings (SSSR count). The molecule has 1 aromatic carbocycles. The van der Waals surface area contributed by atoms with E-state index in [0.717, 1.165) is 6.42 Å². The van der Waals surface area contributed by atoms with Crippen molar-refractivity contribution >= 4 is 6.08 Å². The van der Waals surface area contributed by atoms with Crippen molar-refractivity contribution in [2.45, 2.75) is 18.9 Å². The molecule has 1 unspecified atom stereocenters. The van der Waals surface area contributed by atoms with E-state index in [0.29, 0.717) is 0 Å². The maximum absolute atomic E-state index is 3.86. The number of nitrogens with zero attached hydrogens (tertiary/aromatic N) is 1. The Kier molecular flexibility index (Phi) is 2.39. The Morgan fingerprint density at radius 3 is 2.87 bits per heavy atom. The van der Waals surface area contributed by atoms with Crippen LogP contribution in [0.3, 0.4) is 0 Å². The van der Waals surface area contributed by atoms with E-state index in [1.807, 2.05) is 6.08 Å². The summed E-state index contributed by atoms with van der Waals surface area (Å²) in [6.07, 6.45) is 7.27. The van der Waals surface area contributed by atoms with Crippen LogP contribution in [0.15, 0.2) is 43.1 Å². The lowest BCUT2D eigenvalue weighted by Gasteiger charge is -2.41. The molecule has 0 N–H and O–H groups in total. The van der Waals surface area contributed by atoms with Crippen LogP contribution in [0.25, 0.3) is 6.08 Å². The summed E-state index contributed by atoms with van der Waals surface area (Å²) in [5.74, 6) is 0. The second-order valence-electron chi connectivity index (χ2n) is 4.28. The molecule has 15 heavy (non-hydrogen) atoms. The van der Waals surface area contributed by atoms with E-state index in [-0.39, 0.29) is 5.54 Å². The third-order valence-electron chi connectivity index (χ3n) is 3.34. The minimum Gasteiger partial charge on any atom is -0.371 e. The average molecular weight is 199 g/mol. The van der Waals surface area contributed by atoms with Crippen LogP contribution in [0.4, 0.5) is 0 Å². The molecule has 1 aliphatic heterocycles. The zero-order chi connectivity index (χ0) is 10.9. The van der Waals surface area contributed by atoms with Crippen LogP contribution in [0.1, 0.15) is 24.5 Å². The molecule has 0 fully saturated rings. The van der Waals surface area contributed by atoms with Gasteiger partial charge in [-0.1, -0.05) is 30.3 Å². The van der Waals surface area contributed by atoms with E-state index >= 15 is 0 Å². The van der Waals surface area contributed by atoms with Gasteiger partial charge in [-0.3, -0.25) is 0 Å². The fourth-order valence-corrected chi connectivity index (χ4v) is 2.21. The van der Waals surface area contributed by atoms with Gasteiger partial charge in [0.1, 0.15) is 0 Å². The van der Waals surface area contributed by atoms with Crippen molar-refractivity contribution in [3.05, 3.63) is 54.2 Å². The highest BCUT2D eigenvalue weighted by Gasteiger charge is 2.32. The summed E-state index contributed by atoms with van der Waals surface area (Å²) in [4.78, 5) is 2.26. The molecule has 0 aliphatic carbocycles. The molecule has 1 heterocycles. The summed E-state index contributed by atoms with van der Waals surface area (Å²) in [5.41, 5.74) is 2.75. The van der Waals surface area contributed by atoms with Crippen molar-refractivity contribution in [3.63, 3.8) is 0 Å². The van der Waals surface area contributed by atoms with Gasteiger partial charge >= 0.3 is 0 Å². The highest BCUT2D eigenvalue weighted by Crippen LogP contribution is 2.37. The van der Waals surface area contributed by atoms with Gasteiger partial charge in [0.15, 0.2) is 0 Å². The van der Waals surface area contributed by atoms with E-state index < -0.39 is 0 Å². The maximum Gasteiger partial charge on any atom is 0.0656 e. The van der Waals surface area contributed by atoms with Crippen LogP contribution >= 0.6 is 0 Å². The third kappa shape index (κ3) is 1.48. The molecule has 0 bridgehead atoms. The van der Waals surface area contributed by atoms with Gasteiger partial charge in [-0.25, -0.2) is 0 Å². The third-order valence-corrected chi connectivity index (χ3v) is 3.34. The molecular formula is C14H17N. The molecule has 0 saturated carbocycles. The van der Waals surface area contributed by atoms with E-state index in [2.05, 4.69) is 62.0 Å². The molecule has 0 amide bonds. The number of hydrogen-bond donors (Lipinski definition) is 0. The first-order valence-corrected chi connectivity index (χ1v) is 5.30. The number of hydrogen-bond acceptors (Lipinski definition) is 1. The zero-order valence-electron chi connectivity index (χ0n) is 9.40. The van der Waals surface area contributed by atoms with Crippen LogP contribution < -0.4 is 0 Å². The summed E-state index contributed by atoms with van der Waals surface area (Å²) >= 11 is 0. The first-order valence-electron chi connectivity index (χ1n) is 5.30. The molecule has 1 aliphatic rings. The molecule has 1 heteroatoms. The predicted molar refractivity (Wildman–Crippen MR) is 65.4 cm³/mol. The summed E-state index contributed by atoms with van der Waals surface area (Å²) in [7, 11) is 2.12.